The van der Waals surface area contributed by atoms with E-state index in [0.29, 0.717) is 15.5 Å². The van der Waals surface area contributed by atoms with Gasteiger partial charge in [0.25, 0.3) is 0 Å². The number of aromatic nitrogens is 1. The fourth-order valence-electron chi connectivity index (χ4n) is 1.85. The molecule has 2 rings (SSSR count). The summed E-state index contributed by atoms with van der Waals surface area (Å²) in [5.41, 5.74) is 6.19. The minimum Gasteiger partial charge on any atom is -0.397 e. The quantitative estimate of drug-likeness (QED) is 0.871. The topological polar surface area (TPSA) is 50.9 Å². The largest absolute Gasteiger partial charge is 0.397 e. The van der Waals surface area contributed by atoms with E-state index in [-0.39, 0.29) is 0 Å². The zero-order valence-corrected chi connectivity index (χ0v) is 10.9. The minimum absolute atomic E-state index is 0.381. The predicted molar refractivity (Wildman–Crippen MR) is 72.2 cm³/mol. The molecule has 1 heterocycles. The minimum atomic E-state index is 0.381. The monoisotopic (exact) mass is 257 g/mol. The van der Waals surface area contributed by atoms with E-state index in [0.717, 1.165) is 12.4 Å². The van der Waals surface area contributed by atoms with Gasteiger partial charge < -0.3 is 11.1 Å². The van der Waals surface area contributed by atoms with Gasteiger partial charge in [0.2, 0.25) is 0 Å². The summed E-state index contributed by atoms with van der Waals surface area (Å²) in [5.74, 6) is 0.733. The highest BCUT2D eigenvalue weighted by Gasteiger charge is 2.35. The van der Waals surface area contributed by atoms with Crippen molar-refractivity contribution in [3.8, 4) is 0 Å². The summed E-state index contributed by atoms with van der Waals surface area (Å²) in [7, 11) is 0. The van der Waals surface area contributed by atoms with Gasteiger partial charge >= 0.3 is 0 Å². The van der Waals surface area contributed by atoms with Gasteiger partial charge in [0.05, 0.1) is 16.9 Å². The number of rotatable bonds is 4. The van der Waals surface area contributed by atoms with Crippen LogP contribution in [0.1, 0.15) is 19.3 Å². The Bertz CT molecular complexity index is 374. The van der Waals surface area contributed by atoms with E-state index in [1.807, 2.05) is 11.8 Å². The van der Waals surface area contributed by atoms with Crippen molar-refractivity contribution in [2.75, 3.05) is 23.9 Å². The van der Waals surface area contributed by atoms with Crippen molar-refractivity contribution in [3.05, 3.63) is 17.3 Å². The highest BCUT2D eigenvalue weighted by Crippen LogP contribution is 2.42. The molecule has 0 atom stereocenters. The van der Waals surface area contributed by atoms with Crippen LogP contribution in [0.15, 0.2) is 12.3 Å². The lowest BCUT2D eigenvalue weighted by Gasteiger charge is -2.40. The maximum absolute atomic E-state index is 6.05. The Morgan fingerprint density at radius 3 is 2.88 bits per heavy atom. The van der Waals surface area contributed by atoms with Crippen LogP contribution in [0.25, 0.3) is 0 Å². The van der Waals surface area contributed by atoms with Crippen molar-refractivity contribution < 1.29 is 0 Å². The number of nitrogens with zero attached hydrogens (tertiary/aromatic N) is 1. The first-order valence-corrected chi connectivity index (χ1v) is 6.95. The van der Waals surface area contributed by atoms with Crippen LogP contribution in [0.2, 0.25) is 5.02 Å². The van der Waals surface area contributed by atoms with Crippen molar-refractivity contribution in [2.24, 2.45) is 0 Å². The van der Waals surface area contributed by atoms with E-state index in [9.17, 15) is 0 Å². The molecule has 16 heavy (non-hydrogen) atoms. The average molecular weight is 258 g/mol. The molecule has 88 valence electrons. The Kier molecular flexibility index (Phi) is 3.50. The molecule has 0 saturated heterocycles. The zero-order chi connectivity index (χ0) is 11.6. The van der Waals surface area contributed by atoms with Crippen LogP contribution < -0.4 is 11.1 Å². The molecule has 3 nitrogen and oxygen atoms in total. The van der Waals surface area contributed by atoms with Crippen molar-refractivity contribution in [1.82, 2.24) is 4.98 Å². The van der Waals surface area contributed by atoms with Crippen LogP contribution in [0.5, 0.6) is 0 Å². The van der Waals surface area contributed by atoms with Crippen LogP contribution in [-0.4, -0.2) is 22.5 Å². The number of pyridine rings is 1. The summed E-state index contributed by atoms with van der Waals surface area (Å²) in [5, 5.41) is 3.91. The predicted octanol–water partition coefficient (Wildman–Crippen LogP) is 3.01. The third kappa shape index (κ3) is 2.38. The second-order valence-electron chi connectivity index (χ2n) is 4.19. The molecular formula is C11H16ClN3S. The Labute approximate surface area is 105 Å². The van der Waals surface area contributed by atoms with Gasteiger partial charge in [-0.1, -0.05) is 18.0 Å². The molecule has 5 heteroatoms. The van der Waals surface area contributed by atoms with E-state index in [2.05, 4.69) is 16.6 Å². The molecule has 0 unspecified atom stereocenters. The lowest BCUT2D eigenvalue weighted by molar-refractivity contribution is 0.379. The van der Waals surface area contributed by atoms with Crippen LogP contribution in [0.4, 0.5) is 11.5 Å². The van der Waals surface area contributed by atoms with E-state index in [1.165, 1.54) is 19.3 Å². The Morgan fingerprint density at radius 1 is 1.62 bits per heavy atom. The number of nitrogen functional groups attached to an aromatic ring is 1. The number of thioether (sulfide) groups is 1. The van der Waals surface area contributed by atoms with Gasteiger partial charge in [-0.3, -0.25) is 0 Å². The van der Waals surface area contributed by atoms with Gasteiger partial charge in [0, 0.05) is 11.3 Å². The van der Waals surface area contributed by atoms with Gasteiger partial charge in [-0.2, -0.15) is 11.8 Å². The van der Waals surface area contributed by atoms with Crippen LogP contribution in [0.3, 0.4) is 0 Å². The van der Waals surface area contributed by atoms with Crippen molar-refractivity contribution in [3.63, 3.8) is 0 Å². The third-order valence-electron chi connectivity index (χ3n) is 3.14. The molecule has 1 fully saturated rings. The molecule has 1 aromatic rings. The number of halogens is 1. The number of nitrogens with two attached hydrogens (primary N) is 1. The number of anilines is 2. The normalized spacial score (nSPS) is 17.9. The van der Waals surface area contributed by atoms with Crippen LogP contribution in [-0.2, 0) is 0 Å². The smallest absolute Gasteiger partial charge is 0.144 e. The van der Waals surface area contributed by atoms with Gasteiger partial charge in [-0.25, -0.2) is 4.98 Å². The summed E-state index contributed by atoms with van der Waals surface area (Å²) >= 11 is 7.98. The molecule has 3 N–H and O–H groups in total. The van der Waals surface area contributed by atoms with Crippen molar-refractivity contribution in [1.29, 1.82) is 0 Å². The molecule has 1 aliphatic rings. The molecule has 0 bridgehead atoms. The number of hydrogen-bond acceptors (Lipinski definition) is 4. The SMILES string of the molecule is CSC1(CNc2ncc(N)cc2Cl)CCC1. The van der Waals surface area contributed by atoms with Crippen LogP contribution in [0, 0.1) is 0 Å². The average Bonchev–Trinajstić information content (AvgIpc) is 2.19. The maximum atomic E-state index is 6.05. The molecule has 1 saturated carbocycles. The van der Waals surface area contributed by atoms with Gasteiger partial charge in [-0.15, -0.1) is 0 Å². The van der Waals surface area contributed by atoms with Crippen molar-refractivity contribution >= 4 is 34.9 Å². The van der Waals surface area contributed by atoms with E-state index < -0.39 is 0 Å². The first-order valence-electron chi connectivity index (χ1n) is 5.35. The molecule has 0 radical (unpaired) electrons. The maximum Gasteiger partial charge on any atom is 0.144 e. The number of hydrogen-bond donors (Lipinski definition) is 2. The standard InChI is InChI=1S/C11H16ClN3S/c1-16-11(3-2-4-11)7-15-10-9(12)5-8(13)6-14-10/h5-6H,2-4,7,13H2,1H3,(H,14,15). The van der Waals surface area contributed by atoms with E-state index >= 15 is 0 Å². The molecule has 1 aliphatic carbocycles. The molecule has 0 aromatic carbocycles. The highest BCUT2D eigenvalue weighted by molar-refractivity contribution is 8.00. The summed E-state index contributed by atoms with van der Waals surface area (Å²) < 4.78 is 0.381. The molecule has 0 aliphatic heterocycles. The van der Waals surface area contributed by atoms with E-state index in [4.69, 9.17) is 17.3 Å². The Hall–Kier alpha value is -0.610. The first kappa shape index (κ1) is 11.9. The summed E-state index contributed by atoms with van der Waals surface area (Å²) in [6, 6.07) is 1.73. The fraction of sp³-hybridized carbons (Fsp3) is 0.545. The van der Waals surface area contributed by atoms with Gasteiger partial charge in [0.15, 0.2) is 0 Å². The molecule has 0 amide bonds. The van der Waals surface area contributed by atoms with Gasteiger partial charge in [-0.05, 0) is 25.2 Å². The molecular weight excluding hydrogens is 242 g/mol. The van der Waals surface area contributed by atoms with Gasteiger partial charge in [0.1, 0.15) is 5.82 Å². The third-order valence-corrected chi connectivity index (χ3v) is 4.84. The summed E-state index contributed by atoms with van der Waals surface area (Å²) in [4.78, 5) is 4.20. The lowest BCUT2D eigenvalue weighted by Crippen LogP contribution is -2.40. The summed E-state index contributed by atoms with van der Waals surface area (Å²) in [6.07, 6.45) is 7.66. The summed E-state index contributed by atoms with van der Waals surface area (Å²) in [6.45, 7) is 0.921. The fourth-order valence-corrected chi connectivity index (χ4v) is 3.01. The van der Waals surface area contributed by atoms with Crippen molar-refractivity contribution in [2.45, 2.75) is 24.0 Å². The number of nitrogens with one attached hydrogen (secondary N) is 1. The zero-order valence-electron chi connectivity index (χ0n) is 9.29. The second-order valence-corrected chi connectivity index (χ2v) is 5.87. The van der Waals surface area contributed by atoms with Crippen LogP contribution >= 0.6 is 23.4 Å². The second kappa shape index (κ2) is 4.72. The molecule has 0 spiro atoms. The first-order chi connectivity index (χ1) is 7.65. The lowest BCUT2D eigenvalue weighted by atomic mass is 9.84. The Morgan fingerprint density at radius 2 is 2.38 bits per heavy atom. The van der Waals surface area contributed by atoms with E-state index in [1.54, 1.807) is 12.3 Å². The Balaban J connectivity index is 1.99. The highest BCUT2D eigenvalue weighted by atomic mass is 35.5. The molecule has 1 aromatic heterocycles.